The number of hydrogen-bond acceptors (Lipinski definition) is 3. The van der Waals surface area contributed by atoms with Gasteiger partial charge >= 0.3 is 0 Å². The third kappa shape index (κ3) is 8.05. The Morgan fingerprint density at radius 1 is 1.14 bits per heavy atom. The SMILES string of the molecule is CCNC(=NCCCOCC1CC1)NC1CCN(C(=O)C2CCCCC2)C1.I. The predicted molar refractivity (Wildman–Crippen MR) is 124 cm³/mol. The van der Waals surface area contributed by atoms with Gasteiger partial charge in [-0.3, -0.25) is 9.79 Å². The van der Waals surface area contributed by atoms with Gasteiger partial charge in [-0.15, -0.1) is 24.0 Å². The number of rotatable bonds is 9. The normalized spacial score (nSPS) is 23.4. The van der Waals surface area contributed by atoms with Gasteiger partial charge in [0.15, 0.2) is 5.96 Å². The molecule has 6 nitrogen and oxygen atoms in total. The van der Waals surface area contributed by atoms with Gasteiger partial charge in [-0.2, -0.15) is 0 Å². The highest BCUT2D eigenvalue weighted by molar-refractivity contribution is 14.0. The largest absolute Gasteiger partial charge is 0.381 e. The van der Waals surface area contributed by atoms with Gasteiger partial charge in [0.2, 0.25) is 5.91 Å². The van der Waals surface area contributed by atoms with Crippen molar-refractivity contribution in [2.24, 2.45) is 16.8 Å². The summed E-state index contributed by atoms with van der Waals surface area (Å²) >= 11 is 0. The molecule has 0 aromatic rings. The Morgan fingerprint density at radius 3 is 2.64 bits per heavy atom. The Bertz CT molecular complexity index is 493. The summed E-state index contributed by atoms with van der Waals surface area (Å²) in [7, 11) is 0. The number of halogens is 1. The molecule has 3 aliphatic rings. The van der Waals surface area contributed by atoms with Crippen LogP contribution in [-0.4, -0.2) is 62.2 Å². The molecular weight excluding hydrogens is 467 g/mol. The van der Waals surface area contributed by atoms with Gasteiger partial charge in [-0.25, -0.2) is 0 Å². The molecule has 7 heteroatoms. The molecule has 0 radical (unpaired) electrons. The molecule has 1 unspecified atom stereocenters. The average Bonchev–Trinajstić information content (AvgIpc) is 3.41. The third-order valence-corrected chi connectivity index (χ3v) is 5.91. The van der Waals surface area contributed by atoms with Crippen molar-refractivity contribution in [2.45, 2.75) is 70.8 Å². The first-order valence-corrected chi connectivity index (χ1v) is 11.2. The second-order valence-electron chi connectivity index (χ2n) is 8.38. The van der Waals surface area contributed by atoms with Crippen molar-refractivity contribution in [3.63, 3.8) is 0 Å². The second kappa shape index (κ2) is 12.9. The molecule has 1 aliphatic heterocycles. The molecule has 0 bridgehead atoms. The number of carbonyl (C=O) groups excluding carboxylic acids is 1. The highest BCUT2D eigenvalue weighted by Gasteiger charge is 2.31. The summed E-state index contributed by atoms with van der Waals surface area (Å²) in [5.41, 5.74) is 0. The Balaban J connectivity index is 0.00000280. The van der Waals surface area contributed by atoms with Crippen LogP contribution in [0.4, 0.5) is 0 Å². The maximum atomic E-state index is 12.7. The number of likely N-dealkylation sites (tertiary alicyclic amines) is 1. The van der Waals surface area contributed by atoms with Crippen LogP contribution in [0.25, 0.3) is 0 Å². The monoisotopic (exact) mass is 506 g/mol. The number of guanidine groups is 1. The molecule has 2 saturated carbocycles. The molecule has 0 aromatic carbocycles. The maximum Gasteiger partial charge on any atom is 0.225 e. The molecule has 1 amide bonds. The second-order valence-corrected chi connectivity index (χ2v) is 8.38. The fourth-order valence-corrected chi connectivity index (χ4v) is 4.09. The Labute approximate surface area is 187 Å². The van der Waals surface area contributed by atoms with E-state index >= 15 is 0 Å². The molecule has 2 N–H and O–H groups in total. The van der Waals surface area contributed by atoms with Crippen molar-refractivity contribution >= 4 is 35.8 Å². The topological polar surface area (TPSA) is 66.0 Å². The first kappa shape index (κ1) is 23.7. The zero-order valence-electron chi connectivity index (χ0n) is 17.5. The van der Waals surface area contributed by atoms with E-state index in [-0.39, 0.29) is 29.9 Å². The zero-order valence-corrected chi connectivity index (χ0v) is 19.8. The fourth-order valence-electron chi connectivity index (χ4n) is 4.09. The van der Waals surface area contributed by atoms with Crippen LogP contribution in [0.2, 0.25) is 0 Å². The van der Waals surface area contributed by atoms with Gasteiger partial charge in [0.1, 0.15) is 0 Å². The van der Waals surface area contributed by atoms with Crippen LogP contribution in [0.15, 0.2) is 4.99 Å². The van der Waals surface area contributed by atoms with Crippen molar-refractivity contribution in [1.82, 2.24) is 15.5 Å². The summed E-state index contributed by atoms with van der Waals surface area (Å²) in [6, 6.07) is 0.307. The lowest BCUT2D eigenvalue weighted by Crippen LogP contribution is -2.45. The van der Waals surface area contributed by atoms with Gasteiger partial charge in [0, 0.05) is 51.4 Å². The first-order chi connectivity index (χ1) is 13.3. The number of hydrogen-bond donors (Lipinski definition) is 2. The van der Waals surface area contributed by atoms with Gasteiger partial charge < -0.3 is 20.3 Å². The number of carbonyl (C=O) groups is 1. The van der Waals surface area contributed by atoms with E-state index in [4.69, 9.17) is 4.74 Å². The van der Waals surface area contributed by atoms with Crippen LogP contribution in [0.3, 0.4) is 0 Å². The summed E-state index contributed by atoms with van der Waals surface area (Å²) < 4.78 is 5.68. The predicted octanol–water partition coefficient (Wildman–Crippen LogP) is 3.16. The Kier molecular flexibility index (Phi) is 10.9. The van der Waals surface area contributed by atoms with E-state index in [1.54, 1.807) is 0 Å². The number of ether oxygens (including phenoxy) is 1. The fraction of sp³-hybridized carbons (Fsp3) is 0.905. The minimum absolute atomic E-state index is 0. The van der Waals surface area contributed by atoms with Crippen LogP contribution in [-0.2, 0) is 9.53 Å². The number of nitrogens with zero attached hydrogens (tertiary/aromatic N) is 2. The van der Waals surface area contributed by atoms with E-state index in [0.717, 1.165) is 77.0 Å². The maximum absolute atomic E-state index is 12.7. The van der Waals surface area contributed by atoms with Crippen LogP contribution in [0.1, 0.15) is 64.7 Å². The molecule has 3 fully saturated rings. The van der Waals surface area contributed by atoms with Gasteiger partial charge in [-0.05, 0) is 51.4 Å². The smallest absolute Gasteiger partial charge is 0.225 e. The minimum Gasteiger partial charge on any atom is -0.381 e. The number of nitrogens with one attached hydrogen (secondary N) is 2. The van der Waals surface area contributed by atoms with Crippen molar-refractivity contribution < 1.29 is 9.53 Å². The molecule has 1 heterocycles. The number of amides is 1. The molecule has 0 aromatic heterocycles. The number of aliphatic imine (C=N–C) groups is 1. The molecule has 1 saturated heterocycles. The van der Waals surface area contributed by atoms with Crippen LogP contribution < -0.4 is 10.6 Å². The van der Waals surface area contributed by atoms with Gasteiger partial charge in [0.25, 0.3) is 0 Å². The summed E-state index contributed by atoms with van der Waals surface area (Å²) in [5.74, 6) is 2.36. The van der Waals surface area contributed by atoms with E-state index in [1.165, 1.54) is 32.1 Å². The minimum atomic E-state index is 0. The highest BCUT2D eigenvalue weighted by Crippen LogP contribution is 2.28. The van der Waals surface area contributed by atoms with Crippen LogP contribution >= 0.6 is 24.0 Å². The van der Waals surface area contributed by atoms with E-state index in [0.29, 0.717) is 11.9 Å². The summed E-state index contributed by atoms with van der Waals surface area (Å²) in [5, 5.41) is 6.86. The molecule has 0 spiro atoms. The van der Waals surface area contributed by atoms with Gasteiger partial charge in [-0.1, -0.05) is 19.3 Å². The summed E-state index contributed by atoms with van der Waals surface area (Å²) in [6.45, 7) is 7.12. The van der Waals surface area contributed by atoms with E-state index < -0.39 is 0 Å². The zero-order chi connectivity index (χ0) is 18.9. The molecular formula is C21H39IN4O2. The van der Waals surface area contributed by atoms with E-state index in [1.807, 2.05) is 0 Å². The summed E-state index contributed by atoms with van der Waals surface area (Å²) in [4.78, 5) is 19.5. The van der Waals surface area contributed by atoms with Crippen LogP contribution in [0, 0.1) is 11.8 Å². The summed E-state index contributed by atoms with van der Waals surface area (Å²) in [6.07, 6.45) is 10.5. The van der Waals surface area contributed by atoms with Gasteiger partial charge in [0.05, 0.1) is 0 Å². The van der Waals surface area contributed by atoms with Crippen molar-refractivity contribution in [3.8, 4) is 0 Å². The Morgan fingerprint density at radius 2 is 1.93 bits per heavy atom. The highest BCUT2D eigenvalue weighted by atomic mass is 127. The standard InChI is InChI=1S/C21H38N4O2.HI/c1-2-22-21(23-12-6-14-27-16-17-9-10-17)24-19-11-13-25(15-19)20(26)18-7-4-3-5-8-18;/h17-19H,2-16H2,1H3,(H2,22,23,24);1H. The average molecular weight is 506 g/mol. The Hall–Kier alpha value is -0.570. The van der Waals surface area contributed by atoms with E-state index in [2.05, 4.69) is 27.4 Å². The molecule has 1 atom stereocenters. The molecule has 162 valence electrons. The quantitative estimate of drug-likeness (QED) is 0.218. The van der Waals surface area contributed by atoms with Crippen molar-refractivity contribution in [1.29, 1.82) is 0 Å². The van der Waals surface area contributed by atoms with Crippen molar-refractivity contribution in [3.05, 3.63) is 0 Å². The third-order valence-electron chi connectivity index (χ3n) is 5.91. The first-order valence-electron chi connectivity index (χ1n) is 11.2. The van der Waals surface area contributed by atoms with E-state index in [9.17, 15) is 4.79 Å². The molecule has 28 heavy (non-hydrogen) atoms. The lowest BCUT2D eigenvalue weighted by Gasteiger charge is -2.26. The van der Waals surface area contributed by atoms with Crippen LogP contribution in [0.5, 0.6) is 0 Å². The molecule has 2 aliphatic carbocycles. The molecule has 3 rings (SSSR count). The van der Waals surface area contributed by atoms with Crippen molar-refractivity contribution in [2.75, 3.05) is 39.4 Å². The lowest BCUT2D eigenvalue weighted by atomic mass is 9.88. The lowest BCUT2D eigenvalue weighted by molar-refractivity contribution is -0.135.